The molecule has 8 heteroatoms. The molecule has 1 heterocycles. The van der Waals surface area contributed by atoms with Crippen LogP contribution in [0.3, 0.4) is 0 Å². The van der Waals surface area contributed by atoms with Gasteiger partial charge in [-0.15, -0.1) is 0 Å². The Morgan fingerprint density at radius 1 is 1.33 bits per heavy atom. The summed E-state index contributed by atoms with van der Waals surface area (Å²) in [4.78, 5) is 34.5. The number of carbonyl (C=O) groups is 3. The molecule has 0 spiro atoms. The monoisotopic (exact) mass is 353 g/mol. The lowest BCUT2D eigenvalue weighted by Crippen LogP contribution is -2.48. The van der Waals surface area contributed by atoms with E-state index in [1.165, 1.54) is 6.07 Å². The molecule has 0 aliphatic carbocycles. The third-order valence-corrected chi connectivity index (χ3v) is 4.61. The van der Waals surface area contributed by atoms with E-state index in [-0.39, 0.29) is 30.5 Å². The van der Waals surface area contributed by atoms with Gasteiger partial charge >= 0.3 is 6.03 Å². The highest BCUT2D eigenvalue weighted by Gasteiger charge is 2.25. The topological polar surface area (TPSA) is 87.3 Å². The van der Waals surface area contributed by atoms with Crippen LogP contribution in [0.15, 0.2) is 24.3 Å². The standard InChI is InChI=1S/C16H20FN3O3S/c17-12-5-2-1-4-11(12)10-24-9-3-8-18-15(22)13-6-7-14(21)20-16(23)19-13/h1-2,4-5,13H,3,6-10H2,(H,18,22)(H2,19,20,21,23)/t13-/m1/s1. The molecule has 1 aliphatic rings. The predicted octanol–water partition coefficient (Wildman–Crippen LogP) is 1.55. The summed E-state index contributed by atoms with van der Waals surface area (Å²) in [7, 11) is 0. The summed E-state index contributed by atoms with van der Waals surface area (Å²) >= 11 is 1.60. The third kappa shape index (κ3) is 5.84. The number of benzene rings is 1. The quantitative estimate of drug-likeness (QED) is 0.649. The number of amides is 4. The van der Waals surface area contributed by atoms with Crippen molar-refractivity contribution in [1.82, 2.24) is 16.0 Å². The molecule has 1 aromatic rings. The van der Waals surface area contributed by atoms with E-state index in [9.17, 15) is 18.8 Å². The fourth-order valence-corrected chi connectivity index (χ4v) is 3.18. The molecule has 6 nitrogen and oxygen atoms in total. The number of urea groups is 1. The predicted molar refractivity (Wildman–Crippen MR) is 89.9 cm³/mol. The zero-order valence-corrected chi connectivity index (χ0v) is 14.0. The molecule has 0 radical (unpaired) electrons. The molecule has 24 heavy (non-hydrogen) atoms. The summed E-state index contributed by atoms with van der Waals surface area (Å²) in [6.07, 6.45) is 1.16. The van der Waals surface area contributed by atoms with Crippen molar-refractivity contribution in [2.75, 3.05) is 12.3 Å². The van der Waals surface area contributed by atoms with Crippen molar-refractivity contribution in [1.29, 1.82) is 0 Å². The Labute approximate surface area is 143 Å². The SMILES string of the molecule is O=C1CC[C@H](C(=O)NCCCSCc2ccccc2F)NC(=O)N1. The van der Waals surface area contributed by atoms with Gasteiger partial charge in [0, 0.05) is 18.7 Å². The molecule has 4 amide bonds. The number of nitrogens with one attached hydrogen (secondary N) is 3. The Morgan fingerprint density at radius 3 is 2.92 bits per heavy atom. The van der Waals surface area contributed by atoms with Gasteiger partial charge in [0.05, 0.1) is 0 Å². The normalized spacial score (nSPS) is 17.6. The first-order valence-electron chi connectivity index (χ1n) is 7.75. The van der Waals surface area contributed by atoms with E-state index >= 15 is 0 Å². The van der Waals surface area contributed by atoms with Gasteiger partial charge < -0.3 is 10.6 Å². The second-order valence-electron chi connectivity index (χ2n) is 5.40. The lowest BCUT2D eigenvalue weighted by atomic mass is 10.1. The highest BCUT2D eigenvalue weighted by Crippen LogP contribution is 2.15. The van der Waals surface area contributed by atoms with Gasteiger partial charge in [-0.1, -0.05) is 18.2 Å². The largest absolute Gasteiger partial charge is 0.354 e. The Hall–Kier alpha value is -2.09. The molecule has 2 rings (SSSR count). The fourth-order valence-electron chi connectivity index (χ4n) is 2.23. The van der Waals surface area contributed by atoms with E-state index in [1.54, 1.807) is 30.0 Å². The summed E-state index contributed by atoms with van der Waals surface area (Å²) in [5, 5.41) is 7.33. The molecule has 0 saturated carbocycles. The average Bonchev–Trinajstić information content (AvgIpc) is 2.72. The van der Waals surface area contributed by atoms with Crippen molar-refractivity contribution in [3.8, 4) is 0 Å². The molecular formula is C16H20FN3O3S. The van der Waals surface area contributed by atoms with E-state index in [0.29, 0.717) is 17.9 Å². The minimum atomic E-state index is -0.692. The first-order chi connectivity index (χ1) is 11.6. The highest BCUT2D eigenvalue weighted by molar-refractivity contribution is 7.98. The van der Waals surface area contributed by atoms with E-state index < -0.39 is 12.1 Å². The summed E-state index contributed by atoms with van der Waals surface area (Å²) in [5.74, 6) is 0.496. The van der Waals surface area contributed by atoms with Crippen LogP contribution < -0.4 is 16.0 Å². The smallest absolute Gasteiger partial charge is 0.322 e. The molecule has 1 aliphatic heterocycles. The van der Waals surface area contributed by atoms with Gasteiger partial charge in [-0.3, -0.25) is 14.9 Å². The Kier molecular flexibility index (Phi) is 7.05. The molecule has 1 fully saturated rings. The minimum absolute atomic E-state index is 0.134. The zero-order valence-electron chi connectivity index (χ0n) is 13.1. The van der Waals surface area contributed by atoms with Gasteiger partial charge in [0.15, 0.2) is 0 Å². The van der Waals surface area contributed by atoms with Crippen molar-refractivity contribution in [3.05, 3.63) is 35.6 Å². The van der Waals surface area contributed by atoms with Crippen LogP contribution in [0.5, 0.6) is 0 Å². The van der Waals surface area contributed by atoms with E-state index in [0.717, 1.165) is 12.2 Å². The van der Waals surface area contributed by atoms with Crippen LogP contribution in [0.4, 0.5) is 9.18 Å². The Balaban J connectivity index is 1.61. The van der Waals surface area contributed by atoms with E-state index in [4.69, 9.17) is 0 Å². The summed E-state index contributed by atoms with van der Waals surface area (Å²) in [6.45, 7) is 0.469. The fraction of sp³-hybridized carbons (Fsp3) is 0.438. The molecule has 1 aromatic carbocycles. The van der Waals surface area contributed by atoms with Crippen molar-refractivity contribution >= 4 is 29.6 Å². The maximum Gasteiger partial charge on any atom is 0.322 e. The average molecular weight is 353 g/mol. The second-order valence-corrected chi connectivity index (χ2v) is 6.51. The molecule has 0 unspecified atom stereocenters. The highest BCUT2D eigenvalue weighted by atomic mass is 32.2. The van der Waals surface area contributed by atoms with Crippen molar-refractivity contribution < 1.29 is 18.8 Å². The number of hydrogen-bond acceptors (Lipinski definition) is 4. The van der Waals surface area contributed by atoms with Crippen LogP contribution in [0.1, 0.15) is 24.8 Å². The number of thioether (sulfide) groups is 1. The van der Waals surface area contributed by atoms with E-state index in [1.807, 2.05) is 0 Å². The minimum Gasteiger partial charge on any atom is -0.354 e. The molecular weight excluding hydrogens is 333 g/mol. The van der Waals surface area contributed by atoms with Crippen LogP contribution in [-0.4, -0.2) is 36.2 Å². The lowest BCUT2D eigenvalue weighted by Gasteiger charge is -2.14. The number of rotatable bonds is 7. The van der Waals surface area contributed by atoms with Gasteiger partial charge in [0.2, 0.25) is 11.8 Å². The zero-order chi connectivity index (χ0) is 17.4. The summed E-state index contributed by atoms with van der Waals surface area (Å²) < 4.78 is 13.4. The molecule has 1 atom stereocenters. The van der Waals surface area contributed by atoms with Crippen molar-refractivity contribution in [2.24, 2.45) is 0 Å². The summed E-state index contributed by atoms with van der Waals surface area (Å²) in [5.41, 5.74) is 0.671. The molecule has 0 aromatic heterocycles. The molecule has 3 N–H and O–H groups in total. The van der Waals surface area contributed by atoms with Crippen molar-refractivity contribution in [2.45, 2.75) is 31.1 Å². The van der Waals surface area contributed by atoms with Gasteiger partial charge in [0.25, 0.3) is 0 Å². The van der Waals surface area contributed by atoms with Crippen LogP contribution in [0, 0.1) is 5.82 Å². The molecule has 1 saturated heterocycles. The first-order valence-corrected chi connectivity index (χ1v) is 8.91. The van der Waals surface area contributed by atoms with Gasteiger partial charge in [-0.05, 0) is 30.2 Å². The Morgan fingerprint density at radius 2 is 2.12 bits per heavy atom. The third-order valence-electron chi connectivity index (χ3n) is 3.51. The van der Waals surface area contributed by atoms with Gasteiger partial charge in [-0.2, -0.15) is 11.8 Å². The first kappa shape index (κ1) is 18.3. The van der Waals surface area contributed by atoms with Crippen LogP contribution >= 0.6 is 11.8 Å². The summed E-state index contributed by atoms with van der Waals surface area (Å²) in [6, 6.07) is 5.33. The molecule has 130 valence electrons. The number of carbonyl (C=O) groups excluding carboxylic acids is 3. The number of imide groups is 1. The Bertz CT molecular complexity index is 612. The number of hydrogen-bond donors (Lipinski definition) is 3. The molecule has 0 bridgehead atoms. The maximum absolute atomic E-state index is 13.4. The van der Waals surface area contributed by atoms with Crippen LogP contribution in [-0.2, 0) is 15.3 Å². The second kappa shape index (κ2) is 9.27. The maximum atomic E-state index is 13.4. The lowest BCUT2D eigenvalue weighted by molar-refractivity contribution is -0.123. The van der Waals surface area contributed by atoms with Crippen molar-refractivity contribution in [3.63, 3.8) is 0 Å². The van der Waals surface area contributed by atoms with E-state index in [2.05, 4.69) is 16.0 Å². The van der Waals surface area contributed by atoms with Gasteiger partial charge in [-0.25, -0.2) is 9.18 Å². The van der Waals surface area contributed by atoms with Crippen LogP contribution in [0.2, 0.25) is 0 Å². The van der Waals surface area contributed by atoms with Gasteiger partial charge in [0.1, 0.15) is 11.9 Å². The number of halogens is 1. The van der Waals surface area contributed by atoms with Crippen LogP contribution in [0.25, 0.3) is 0 Å².